The molecule has 8 nitrogen and oxygen atoms in total. The molecule has 8 heteroatoms. The molecule has 2 amide bonds. The Balaban J connectivity index is 1.99. The maximum atomic E-state index is 12.3. The summed E-state index contributed by atoms with van der Waals surface area (Å²) >= 11 is 0. The number of hydrazone groups is 1. The number of benzene rings is 2. The number of nitrogens with zero attached hydrogens (tertiary/aromatic N) is 1. The number of carbonyl (C=O) groups excluding carboxylic acids is 2. The Kier molecular flexibility index (Phi) is 7.99. The first-order valence-electron chi connectivity index (χ1n) is 9.18. The van der Waals surface area contributed by atoms with Gasteiger partial charge < -0.3 is 19.9 Å². The zero-order chi connectivity index (χ0) is 22.1. The summed E-state index contributed by atoms with van der Waals surface area (Å²) in [6.45, 7) is 5.14. The molecule has 0 saturated heterocycles. The van der Waals surface area contributed by atoms with Gasteiger partial charge in [-0.15, -0.1) is 6.58 Å². The fraction of sp³-hybridized carbons (Fsp3) is 0.227. The number of anilines is 1. The zero-order valence-electron chi connectivity index (χ0n) is 17.1. The lowest BCUT2D eigenvalue weighted by molar-refractivity contribution is -0.131. The van der Waals surface area contributed by atoms with Gasteiger partial charge in [-0.2, -0.15) is 5.10 Å². The molecule has 0 aliphatic rings. The lowest BCUT2D eigenvalue weighted by atomic mass is 10.1. The van der Waals surface area contributed by atoms with Gasteiger partial charge in [0.25, 0.3) is 5.91 Å². The zero-order valence-corrected chi connectivity index (χ0v) is 17.1. The van der Waals surface area contributed by atoms with Crippen molar-refractivity contribution in [2.24, 2.45) is 11.0 Å². The van der Waals surface area contributed by atoms with Crippen LogP contribution in [-0.2, 0) is 16.0 Å². The topological polar surface area (TPSA) is 109 Å². The number of phenolic OH excluding ortho intramolecular Hbond substituents is 1. The van der Waals surface area contributed by atoms with E-state index in [-0.39, 0.29) is 11.5 Å². The van der Waals surface area contributed by atoms with Gasteiger partial charge in [-0.25, -0.2) is 5.43 Å². The molecule has 0 radical (unpaired) electrons. The fourth-order valence-electron chi connectivity index (χ4n) is 2.54. The smallest absolute Gasteiger partial charge is 0.252 e. The van der Waals surface area contributed by atoms with Crippen molar-refractivity contribution < 1.29 is 24.2 Å². The molecular weight excluding hydrogens is 386 g/mol. The second-order valence-electron chi connectivity index (χ2n) is 6.40. The van der Waals surface area contributed by atoms with Crippen molar-refractivity contribution >= 4 is 23.7 Å². The molecule has 0 heterocycles. The number of hydrogen-bond donors (Lipinski definition) is 3. The molecule has 2 rings (SSSR count). The Morgan fingerprint density at radius 3 is 2.47 bits per heavy atom. The molecule has 0 aliphatic heterocycles. The highest BCUT2D eigenvalue weighted by molar-refractivity contribution is 6.06. The summed E-state index contributed by atoms with van der Waals surface area (Å²) in [4.78, 5) is 24.5. The number of phenols is 1. The molecule has 158 valence electrons. The van der Waals surface area contributed by atoms with Crippen molar-refractivity contribution in [1.82, 2.24) is 5.43 Å². The number of allylic oxidation sites excluding steroid dienone is 1. The molecule has 0 spiro atoms. The molecule has 0 fully saturated rings. The summed E-state index contributed by atoms with van der Waals surface area (Å²) in [6, 6.07) is 10.1. The predicted molar refractivity (Wildman–Crippen MR) is 115 cm³/mol. The number of methoxy groups -OCH3 is 2. The monoisotopic (exact) mass is 411 g/mol. The Morgan fingerprint density at radius 1 is 1.17 bits per heavy atom. The third-order valence-electron chi connectivity index (χ3n) is 4.29. The van der Waals surface area contributed by atoms with Crippen LogP contribution in [0.15, 0.2) is 54.2 Å². The van der Waals surface area contributed by atoms with Gasteiger partial charge in [0.15, 0.2) is 11.5 Å². The first-order valence-corrected chi connectivity index (χ1v) is 9.18. The van der Waals surface area contributed by atoms with E-state index in [0.717, 1.165) is 0 Å². The summed E-state index contributed by atoms with van der Waals surface area (Å²) in [5.41, 5.74) is 4.12. The number of ether oxygens (including phenoxy) is 2. The van der Waals surface area contributed by atoms with Crippen LogP contribution in [0.25, 0.3) is 0 Å². The minimum atomic E-state index is -0.963. The molecule has 0 bridgehead atoms. The summed E-state index contributed by atoms with van der Waals surface area (Å²) < 4.78 is 10.2. The van der Waals surface area contributed by atoms with Gasteiger partial charge in [-0.1, -0.05) is 6.08 Å². The molecule has 2 aromatic rings. The predicted octanol–water partition coefficient (Wildman–Crippen LogP) is 2.86. The number of aromatic hydroxyl groups is 1. The van der Waals surface area contributed by atoms with Crippen LogP contribution in [0.1, 0.15) is 18.1 Å². The first kappa shape index (κ1) is 22.5. The normalized spacial score (nSPS) is 11.6. The quantitative estimate of drug-likeness (QED) is 0.254. The van der Waals surface area contributed by atoms with Crippen molar-refractivity contribution in [3.63, 3.8) is 0 Å². The van der Waals surface area contributed by atoms with Crippen LogP contribution in [-0.4, -0.2) is 37.4 Å². The molecule has 1 atom stereocenters. The van der Waals surface area contributed by atoms with Gasteiger partial charge in [0.05, 0.1) is 20.4 Å². The van der Waals surface area contributed by atoms with E-state index >= 15 is 0 Å². The minimum absolute atomic E-state index is 0.0300. The Hall–Kier alpha value is -3.81. The van der Waals surface area contributed by atoms with Crippen LogP contribution in [0.4, 0.5) is 5.69 Å². The third-order valence-corrected chi connectivity index (χ3v) is 4.29. The van der Waals surface area contributed by atoms with Crippen molar-refractivity contribution in [2.45, 2.75) is 13.3 Å². The maximum Gasteiger partial charge on any atom is 0.252 e. The number of hydrogen-bond acceptors (Lipinski definition) is 6. The van der Waals surface area contributed by atoms with Gasteiger partial charge in [-0.05, 0) is 55.3 Å². The average molecular weight is 411 g/mol. The number of carbonyl (C=O) groups is 2. The van der Waals surface area contributed by atoms with Crippen molar-refractivity contribution in [1.29, 1.82) is 0 Å². The fourth-order valence-corrected chi connectivity index (χ4v) is 2.54. The summed E-state index contributed by atoms with van der Waals surface area (Å²) in [5, 5.41) is 16.7. The van der Waals surface area contributed by atoms with Gasteiger partial charge >= 0.3 is 0 Å². The molecule has 2 aromatic carbocycles. The lowest BCUT2D eigenvalue weighted by Crippen LogP contribution is -2.34. The third kappa shape index (κ3) is 5.84. The molecular formula is C22H25N3O5. The average Bonchev–Trinajstić information content (AvgIpc) is 2.75. The van der Waals surface area contributed by atoms with Gasteiger partial charge in [0, 0.05) is 11.3 Å². The second-order valence-corrected chi connectivity index (χ2v) is 6.40. The van der Waals surface area contributed by atoms with E-state index in [1.165, 1.54) is 20.2 Å². The van der Waals surface area contributed by atoms with E-state index in [9.17, 15) is 14.7 Å². The highest BCUT2D eigenvalue weighted by Crippen LogP contribution is 2.31. The summed E-state index contributed by atoms with van der Waals surface area (Å²) in [5.74, 6) is -1.01. The van der Waals surface area contributed by atoms with Crippen molar-refractivity contribution in [3.8, 4) is 17.2 Å². The van der Waals surface area contributed by atoms with E-state index in [1.54, 1.807) is 49.6 Å². The molecule has 0 aliphatic carbocycles. The SMILES string of the molecule is C=CCc1cc(/C=N/NC(=O)C(C)C(=O)Nc2ccc(OC)cc2)cc(OC)c1O. The molecule has 0 aromatic heterocycles. The largest absolute Gasteiger partial charge is 0.504 e. The molecule has 0 saturated carbocycles. The van der Waals surface area contributed by atoms with E-state index in [0.29, 0.717) is 29.0 Å². The Labute approximate surface area is 175 Å². The number of nitrogens with one attached hydrogen (secondary N) is 2. The van der Waals surface area contributed by atoms with Crippen LogP contribution >= 0.6 is 0 Å². The highest BCUT2D eigenvalue weighted by atomic mass is 16.5. The van der Waals surface area contributed by atoms with E-state index in [2.05, 4.69) is 22.4 Å². The maximum absolute atomic E-state index is 12.3. The van der Waals surface area contributed by atoms with E-state index in [4.69, 9.17) is 9.47 Å². The van der Waals surface area contributed by atoms with Crippen LogP contribution in [0.5, 0.6) is 17.2 Å². The van der Waals surface area contributed by atoms with Crippen molar-refractivity contribution in [3.05, 3.63) is 60.2 Å². The molecule has 30 heavy (non-hydrogen) atoms. The second kappa shape index (κ2) is 10.7. The van der Waals surface area contributed by atoms with Crippen LogP contribution in [0.2, 0.25) is 0 Å². The summed E-state index contributed by atoms with van der Waals surface area (Å²) in [7, 11) is 2.99. The lowest BCUT2D eigenvalue weighted by Gasteiger charge is -2.11. The molecule has 3 N–H and O–H groups in total. The Bertz CT molecular complexity index is 939. The number of amides is 2. The van der Waals surface area contributed by atoms with E-state index in [1.807, 2.05) is 0 Å². The Morgan fingerprint density at radius 2 is 1.87 bits per heavy atom. The number of rotatable bonds is 9. The van der Waals surface area contributed by atoms with Crippen LogP contribution in [0.3, 0.4) is 0 Å². The van der Waals surface area contributed by atoms with Gasteiger partial charge in [0.1, 0.15) is 11.7 Å². The standard InChI is InChI=1S/C22H25N3O5/c1-5-6-16-11-15(12-19(30-4)20(16)26)13-23-25-22(28)14(2)21(27)24-17-7-9-18(29-3)10-8-17/h5,7-14,26H,1,6H2,2-4H3,(H,24,27)(H,25,28)/b23-13+. The van der Waals surface area contributed by atoms with Gasteiger partial charge in [0.2, 0.25) is 5.91 Å². The molecule has 1 unspecified atom stereocenters. The summed E-state index contributed by atoms with van der Waals surface area (Å²) in [6.07, 6.45) is 3.50. The first-order chi connectivity index (χ1) is 14.4. The van der Waals surface area contributed by atoms with Gasteiger partial charge in [-0.3, -0.25) is 9.59 Å². The van der Waals surface area contributed by atoms with Crippen LogP contribution in [0, 0.1) is 5.92 Å². The minimum Gasteiger partial charge on any atom is -0.504 e. The van der Waals surface area contributed by atoms with Crippen molar-refractivity contribution in [2.75, 3.05) is 19.5 Å². The van der Waals surface area contributed by atoms with E-state index < -0.39 is 17.7 Å². The highest BCUT2D eigenvalue weighted by Gasteiger charge is 2.21. The van der Waals surface area contributed by atoms with Crippen LogP contribution < -0.4 is 20.2 Å².